The molecule has 1 N–H and O–H groups in total. The van der Waals surface area contributed by atoms with Crippen LogP contribution in [0.3, 0.4) is 0 Å². The highest BCUT2D eigenvalue weighted by atomic mass is 32.1. The highest BCUT2D eigenvalue weighted by Gasteiger charge is 2.02. The van der Waals surface area contributed by atoms with Gasteiger partial charge in [-0.3, -0.25) is 0 Å². The Morgan fingerprint density at radius 1 is 1.11 bits per heavy atom. The molecule has 1 aromatic heterocycles. The monoisotopic (exact) mass is 383 g/mol. The molecule has 1 heterocycles. The summed E-state index contributed by atoms with van der Waals surface area (Å²) in [5.41, 5.74) is 2.46. The molecule has 0 aliphatic heterocycles. The van der Waals surface area contributed by atoms with E-state index in [1.807, 2.05) is 24.3 Å². The van der Waals surface area contributed by atoms with Crippen molar-refractivity contribution in [3.63, 3.8) is 0 Å². The number of hydrogen-bond donors (Lipinski definition) is 1. The summed E-state index contributed by atoms with van der Waals surface area (Å²) in [6, 6.07) is 10.3. The van der Waals surface area contributed by atoms with Gasteiger partial charge in [-0.05, 0) is 66.9 Å². The van der Waals surface area contributed by atoms with E-state index in [4.69, 9.17) is 9.47 Å². The molecule has 4 heteroatoms. The van der Waals surface area contributed by atoms with Crippen LogP contribution in [-0.4, -0.2) is 32.9 Å². The molecule has 0 spiro atoms. The van der Waals surface area contributed by atoms with Gasteiger partial charge in [-0.1, -0.05) is 30.0 Å². The highest BCUT2D eigenvalue weighted by Crippen LogP contribution is 2.25. The van der Waals surface area contributed by atoms with E-state index in [0.717, 1.165) is 18.8 Å². The third-order valence-corrected chi connectivity index (χ3v) is 4.20. The molecule has 144 valence electrons. The van der Waals surface area contributed by atoms with E-state index < -0.39 is 0 Å². The Morgan fingerprint density at radius 3 is 2.78 bits per heavy atom. The maximum atomic E-state index is 5.78. The van der Waals surface area contributed by atoms with Crippen LogP contribution < -0.4 is 10.1 Å². The Balaban J connectivity index is 1.52. The van der Waals surface area contributed by atoms with Gasteiger partial charge < -0.3 is 14.8 Å². The summed E-state index contributed by atoms with van der Waals surface area (Å²) < 4.78 is 11.4. The first-order chi connectivity index (χ1) is 13.0. The lowest BCUT2D eigenvalue weighted by atomic mass is 9.98. The van der Waals surface area contributed by atoms with E-state index in [2.05, 4.69) is 66.9 Å². The maximum Gasteiger partial charge on any atom is 0.120 e. The number of ether oxygens (including phenoxy) is 2. The molecule has 27 heavy (non-hydrogen) atoms. The van der Waals surface area contributed by atoms with Crippen molar-refractivity contribution in [3.8, 4) is 28.7 Å². The van der Waals surface area contributed by atoms with E-state index in [1.165, 1.54) is 11.1 Å². The third kappa shape index (κ3) is 9.44. The summed E-state index contributed by atoms with van der Waals surface area (Å²) in [6.45, 7) is 9.72. The lowest BCUT2D eigenvalue weighted by Crippen LogP contribution is -2.20. The smallest absolute Gasteiger partial charge is 0.120 e. The molecule has 2 aromatic rings. The lowest BCUT2D eigenvalue weighted by Gasteiger charge is -2.08. The first kappa shape index (κ1) is 21.2. The largest absolute Gasteiger partial charge is 0.491 e. The van der Waals surface area contributed by atoms with Crippen LogP contribution in [-0.2, 0) is 4.74 Å². The molecule has 2 rings (SSSR count). The van der Waals surface area contributed by atoms with E-state index >= 15 is 0 Å². The molecular weight excluding hydrogens is 354 g/mol. The van der Waals surface area contributed by atoms with Gasteiger partial charge in [0.1, 0.15) is 12.4 Å². The molecule has 0 saturated carbocycles. The van der Waals surface area contributed by atoms with Crippen molar-refractivity contribution < 1.29 is 9.47 Å². The fourth-order valence-corrected chi connectivity index (χ4v) is 2.89. The van der Waals surface area contributed by atoms with Crippen LogP contribution >= 0.6 is 11.3 Å². The van der Waals surface area contributed by atoms with E-state index in [9.17, 15) is 0 Å². The van der Waals surface area contributed by atoms with Gasteiger partial charge in [0.05, 0.1) is 13.2 Å². The SMILES string of the molecule is CC(C)(C)C#CC=CCNCCOCCOc1cccc(-c2ccsc2)c1. The first-order valence-electron chi connectivity index (χ1n) is 9.26. The van der Waals surface area contributed by atoms with Crippen molar-refractivity contribution in [2.75, 3.05) is 32.9 Å². The Kier molecular flexibility index (Phi) is 9.13. The Morgan fingerprint density at radius 2 is 2.00 bits per heavy atom. The van der Waals surface area contributed by atoms with E-state index in [1.54, 1.807) is 11.3 Å². The van der Waals surface area contributed by atoms with Crippen LogP contribution in [0, 0.1) is 17.3 Å². The number of hydrogen-bond acceptors (Lipinski definition) is 4. The summed E-state index contributed by atoms with van der Waals surface area (Å²) in [6.07, 6.45) is 3.93. The lowest BCUT2D eigenvalue weighted by molar-refractivity contribution is 0.102. The number of allylic oxidation sites excluding steroid dienone is 1. The van der Waals surface area contributed by atoms with Gasteiger partial charge in [0.15, 0.2) is 0 Å². The van der Waals surface area contributed by atoms with Gasteiger partial charge in [0.2, 0.25) is 0 Å². The fraction of sp³-hybridized carbons (Fsp3) is 0.391. The highest BCUT2D eigenvalue weighted by molar-refractivity contribution is 7.08. The summed E-state index contributed by atoms with van der Waals surface area (Å²) in [4.78, 5) is 0. The van der Waals surface area contributed by atoms with Crippen LogP contribution in [0.1, 0.15) is 20.8 Å². The van der Waals surface area contributed by atoms with Crippen LogP contribution in [0.4, 0.5) is 0 Å². The predicted molar refractivity (Wildman–Crippen MR) is 115 cm³/mol. The zero-order chi connectivity index (χ0) is 19.4. The maximum absolute atomic E-state index is 5.78. The quantitative estimate of drug-likeness (QED) is 0.462. The summed E-state index contributed by atoms with van der Waals surface area (Å²) in [5, 5.41) is 7.52. The Hall–Kier alpha value is -2.06. The van der Waals surface area contributed by atoms with Crippen LogP contribution in [0.15, 0.2) is 53.2 Å². The van der Waals surface area contributed by atoms with Crippen molar-refractivity contribution in [1.29, 1.82) is 0 Å². The van der Waals surface area contributed by atoms with Crippen molar-refractivity contribution in [3.05, 3.63) is 53.2 Å². The fourth-order valence-electron chi connectivity index (χ4n) is 2.22. The van der Waals surface area contributed by atoms with Gasteiger partial charge in [-0.15, -0.1) is 0 Å². The number of nitrogens with one attached hydrogen (secondary N) is 1. The minimum Gasteiger partial charge on any atom is -0.491 e. The molecule has 0 bridgehead atoms. The Bertz CT molecular complexity index is 749. The molecule has 0 radical (unpaired) electrons. The number of rotatable bonds is 10. The molecule has 0 aliphatic carbocycles. The number of benzene rings is 1. The molecule has 0 unspecified atom stereocenters. The zero-order valence-corrected chi connectivity index (χ0v) is 17.3. The van der Waals surface area contributed by atoms with Gasteiger partial charge in [-0.25, -0.2) is 0 Å². The van der Waals surface area contributed by atoms with Crippen LogP contribution in [0.2, 0.25) is 0 Å². The van der Waals surface area contributed by atoms with Crippen molar-refractivity contribution in [1.82, 2.24) is 5.32 Å². The van der Waals surface area contributed by atoms with Gasteiger partial charge in [0, 0.05) is 18.5 Å². The van der Waals surface area contributed by atoms with Gasteiger partial charge in [-0.2, -0.15) is 11.3 Å². The van der Waals surface area contributed by atoms with E-state index in [-0.39, 0.29) is 5.41 Å². The summed E-state index contributed by atoms with van der Waals surface area (Å²) in [7, 11) is 0. The van der Waals surface area contributed by atoms with Gasteiger partial charge >= 0.3 is 0 Å². The van der Waals surface area contributed by atoms with Crippen molar-refractivity contribution >= 4 is 11.3 Å². The first-order valence-corrected chi connectivity index (χ1v) is 10.2. The summed E-state index contributed by atoms with van der Waals surface area (Å²) >= 11 is 1.70. The Labute approximate surface area is 167 Å². The van der Waals surface area contributed by atoms with Crippen LogP contribution in [0.25, 0.3) is 11.1 Å². The second-order valence-electron chi connectivity index (χ2n) is 7.13. The minimum atomic E-state index is 0.0545. The molecule has 0 fully saturated rings. The molecule has 1 aromatic carbocycles. The van der Waals surface area contributed by atoms with Gasteiger partial charge in [0.25, 0.3) is 0 Å². The average Bonchev–Trinajstić information content (AvgIpc) is 3.17. The molecule has 0 atom stereocenters. The topological polar surface area (TPSA) is 30.5 Å². The molecule has 3 nitrogen and oxygen atoms in total. The normalized spacial score (nSPS) is 11.4. The molecular formula is C23H29NO2S. The third-order valence-electron chi connectivity index (χ3n) is 3.52. The standard InChI is InChI=1S/C23H29NO2S/c1-23(2,3)11-5-4-6-12-24-13-14-25-15-16-26-22-9-7-8-20(18-22)21-10-17-27-19-21/h4,6-10,17-19,24H,12-16H2,1-3H3. The average molecular weight is 384 g/mol. The van der Waals surface area contributed by atoms with Crippen molar-refractivity contribution in [2.24, 2.45) is 5.41 Å². The second-order valence-corrected chi connectivity index (χ2v) is 7.91. The van der Waals surface area contributed by atoms with Crippen molar-refractivity contribution in [2.45, 2.75) is 20.8 Å². The zero-order valence-electron chi connectivity index (χ0n) is 16.5. The molecule has 0 saturated heterocycles. The molecule has 0 aliphatic rings. The minimum absolute atomic E-state index is 0.0545. The molecule has 0 amide bonds. The summed E-state index contributed by atoms with van der Waals surface area (Å²) in [5.74, 6) is 7.10. The number of thiophene rings is 1. The van der Waals surface area contributed by atoms with Crippen LogP contribution in [0.5, 0.6) is 5.75 Å². The van der Waals surface area contributed by atoms with E-state index in [0.29, 0.717) is 19.8 Å². The second kappa shape index (κ2) is 11.6. The predicted octanol–water partition coefficient (Wildman–Crippen LogP) is 5.01.